The van der Waals surface area contributed by atoms with Gasteiger partial charge in [-0.1, -0.05) is 11.6 Å². The highest BCUT2D eigenvalue weighted by atomic mass is 35.5. The minimum absolute atomic E-state index is 0.281. The van der Waals surface area contributed by atoms with E-state index in [0.29, 0.717) is 17.5 Å². The van der Waals surface area contributed by atoms with Crippen LogP contribution < -0.4 is 4.72 Å². The van der Waals surface area contributed by atoms with E-state index in [1.165, 1.54) is 4.68 Å². The van der Waals surface area contributed by atoms with Gasteiger partial charge in [0.25, 0.3) is 10.0 Å². The molecule has 0 unspecified atom stereocenters. The lowest BCUT2D eigenvalue weighted by atomic mass is 10.2. The Morgan fingerprint density at radius 3 is 2.30 bits per heavy atom. The molecule has 5 nitrogen and oxygen atoms in total. The Kier molecular flexibility index (Phi) is 4.38. The first-order valence-electron chi connectivity index (χ1n) is 6.33. The molecule has 2 aromatic rings. The average Bonchev–Trinajstić information content (AvgIpc) is 2.63. The molecule has 1 N–H and O–H groups in total. The van der Waals surface area contributed by atoms with Gasteiger partial charge in [-0.3, -0.25) is 9.40 Å². The smallest absolute Gasteiger partial charge is 0.276 e. The number of aromatic nitrogens is 2. The van der Waals surface area contributed by atoms with Crippen molar-refractivity contribution in [3.8, 4) is 0 Å². The van der Waals surface area contributed by atoms with E-state index in [4.69, 9.17) is 11.6 Å². The standard InChI is InChI=1S/C13H13ClF3N3O2S/c1-7-12(8(2)20(3)18-7)19-23(21,22)9-4-5-10(11(14)6-9)13(15,16)17/h4-6,19H,1-3H3. The summed E-state index contributed by atoms with van der Waals surface area (Å²) in [6.45, 7) is 3.28. The van der Waals surface area contributed by atoms with Crippen molar-refractivity contribution in [2.75, 3.05) is 4.72 Å². The quantitative estimate of drug-likeness (QED) is 0.902. The first kappa shape index (κ1) is 17.6. The van der Waals surface area contributed by atoms with Gasteiger partial charge in [0.1, 0.15) is 0 Å². The van der Waals surface area contributed by atoms with Crippen LogP contribution >= 0.6 is 11.6 Å². The highest BCUT2D eigenvalue weighted by Gasteiger charge is 2.34. The van der Waals surface area contributed by atoms with E-state index in [2.05, 4.69) is 9.82 Å². The number of rotatable bonds is 3. The summed E-state index contributed by atoms with van der Waals surface area (Å²) in [5.74, 6) is 0. The van der Waals surface area contributed by atoms with Gasteiger partial charge in [0.2, 0.25) is 0 Å². The van der Waals surface area contributed by atoms with E-state index >= 15 is 0 Å². The van der Waals surface area contributed by atoms with E-state index in [1.807, 2.05) is 0 Å². The highest BCUT2D eigenvalue weighted by Crippen LogP contribution is 2.36. The van der Waals surface area contributed by atoms with Gasteiger partial charge in [0.15, 0.2) is 0 Å². The number of nitrogens with one attached hydrogen (secondary N) is 1. The lowest BCUT2D eigenvalue weighted by Crippen LogP contribution is -2.15. The molecule has 126 valence electrons. The SMILES string of the molecule is Cc1nn(C)c(C)c1NS(=O)(=O)c1ccc(C(F)(F)F)c(Cl)c1. The number of halogens is 4. The monoisotopic (exact) mass is 367 g/mol. The fourth-order valence-electron chi connectivity index (χ4n) is 2.01. The fourth-order valence-corrected chi connectivity index (χ4v) is 3.56. The minimum Gasteiger partial charge on any atom is -0.276 e. The zero-order valence-electron chi connectivity index (χ0n) is 12.4. The van der Waals surface area contributed by atoms with Crippen LogP contribution in [-0.2, 0) is 23.2 Å². The number of aryl methyl sites for hydroxylation is 2. The van der Waals surface area contributed by atoms with Gasteiger partial charge in [-0.2, -0.15) is 18.3 Å². The zero-order valence-corrected chi connectivity index (χ0v) is 13.9. The summed E-state index contributed by atoms with van der Waals surface area (Å²) < 4.78 is 66.5. The molecule has 1 aromatic carbocycles. The van der Waals surface area contributed by atoms with Gasteiger partial charge in [-0.15, -0.1) is 0 Å². The number of benzene rings is 1. The van der Waals surface area contributed by atoms with Crippen molar-refractivity contribution in [1.29, 1.82) is 0 Å². The molecule has 0 aliphatic heterocycles. The Hall–Kier alpha value is -1.74. The summed E-state index contributed by atoms with van der Waals surface area (Å²) in [5, 5.41) is 3.39. The van der Waals surface area contributed by atoms with Crippen molar-refractivity contribution in [3.63, 3.8) is 0 Å². The molecule has 1 heterocycles. The third kappa shape index (κ3) is 3.45. The molecule has 0 saturated carbocycles. The van der Waals surface area contributed by atoms with Crippen LogP contribution in [0.5, 0.6) is 0 Å². The van der Waals surface area contributed by atoms with Crippen LogP contribution in [0.25, 0.3) is 0 Å². The first-order valence-corrected chi connectivity index (χ1v) is 8.19. The largest absolute Gasteiger partial charge is 0.417 e. The Balaban J connectivity index is 2.43. The molecule has 0 atom stereocenters. The molecule has 2 rings (SSSR count). The summed E-state index contributed by atoms with van der Waals surface area (Å²) in [6, 6.07) is 2.27. The molecule has 0 fully saturated rings. The summed E-state index contributed by atoms with van der Waals surface area (Å²) in [7, 11) is -2.44. The van der Waals surface area contributed by atoms with E-state index in [1.54, 1.807) is 20.9 Å². The minimum atomic E-state index is -4.65. The molecular formula is C13H13ClF3N3O2S. The van der Waals surface area contributed by atoms with Crippen molar-refractivity contribution in [2.45, 2.75) is 24.9 Å². The molecule has 0 aliphatic carbocycles. The summed E-state index contributed by atoms with van der Waals surface area (Å²) in [6.07, 6.45) is -4.65. The van der Waals surface area contributed by atoms with E-state index in [0.717, 1.165) is 12.1 Å². The van der Waals surface area contributed by atoms with Crippen LogP contribution in [0, 0.1) is 13.8 Å². The maximum absolute atomic E-state index is 12.7. The fraction of sp³-hybridized carbons (Fsp3) is 0.308. The number of nitrogens with zero attached hydrogens (tertiary/aromatic N) is 2. The number of alkyl halides is 3. The van der Waals surface area contributed by atoms with Crippen LogP contribution in [0.1, 0.15) is 17.0 Å². The summed E-state index contributed by atoms with van der Waals surface area (Å²) in [4.78, 5) is -0.363. The van der Waals surface area contributed by atoms with Gasteiger partial charge < -0.3 is 0 Å². The van der Waals surface area contributed by atoms with Gasteiger partial charge in [0, 0.05) is 7.05 Å². The van der Waals surface area contributed by atoms with Gasteiger partial charge in [-0.25, -0.2) is 8.42 Å². The highest BCUT2D eigenvalue weighted by molar-refractivity contribution is 7.92. The second-order valence-electron chi connectivity index (χ2n) is 4.91. The zero-order chi connectivity index (χ0) is 17.6. The summed E-state index contributed by atoms with van der Waals surface area (Å²) in [5.41, 5.74) is 0.214. The molecule has 0 spiro atoms. The molecule has 0 radical (unpaired) electrons. The van der Waals surface area contributed by atoms with Crippen LogP contribution in [0.4, 0.5) is 18.9 Å². The molecule has 0 saturated heterocycles. The van der Waals surface area contributed by atoms with Crippen LogP contribution in [0.15, 0.2) is 23.1 Å². The third-order valence-electron chi connectivity index (χ3n) is 3.30. The third-order valence-corrected chi connectivity index (χ3v) is 4.96. The maximum atomic E-state index is 12.7. The van der Waals surface area contributed by atoms with Crippen molar-refractivity contribution in [1.82, 2.24) is 9.78 Å². The molecule has 0 bridgehead atoms. The predicted molar refractivity (Wildman–Crippen MR) is 79.9 cm³/mol. The lowest BCUT2D eigenvalue weighted by Gasteiger charge is -2.12. The molecular weight excluding hydrogens is 355 g/mol. The second kappa shape index (κ2) is 5.72. The second-order valence-corrected chi connectivity index (χ2v) is 7.00. The first-order chi connectivity index (χ1) is 10.4. The molecule has 0 aliphatic rings. The number of sulfonamides is 1. The van der Waals surface area contributed by atoms with Crippen molar-refractivity contribution in [2.24, 2.45) is 7.05 Å². The molecule has 10 heteroatoms. The average molecular weight is 368 g/mol. The van der Waals surface area contributed by atoms with E-state index in [9.17, 15) is 21.6 Å². The number of anilines is 1. The summed E-state index contributed by atoms with van der Waals surface area (Å²) >= 11 is 5.56. The van der Waals surface area contributed by atoms with Gasteiger partial charge in [-0.05, 0) is 32.0 Å². The number of hydrogen-bond donors (Lipinski definition) is 1. The maximum Gasteiger partial charge on any atom is 0.417 e. The topological polar surface area (TPSA) is 64.0 Å². The number of hydrogen-bond acceptors (Lipinski definition) is 3. The Morgan fingerprint density at radius 1 is 1.26 bits per heavy atom. The van der Waals surface area contributed by atoms with E-state index < -0.39 is 26.8 Å². The molecule has 1 aromatic heterocycles. The van der Waals surface area contributed by atoms with Crippen molar-refractivity contribution >= 4 is 27.3 Å². The van der Waals surface area contributed by atoms with Crippen LogP contribution in [-0.4, -0.2) is 18.2 Å². The lowest BCUT2D eigenvalue weighted by molar-refractivity contribution is -0.137. The Morgan fingerprint density at radius 2 is 1.87 bits per heavy atom. The van der Waals surface area contributed by atoms with Crippen LogP contribution in [0.3, 0.4) is 0 Å². The predicted octanol–water partition coefficient (Wildman–Crippen LogP) is 3.51. The van der Waals surface area contributed by atoms with Gasteiger partial charge >= 0.3 is 6.18 Å². The van der Waals surface area contributed by atoms with Crippen molar-refractivity contribution in [3.05, 3.63) is 40.2 Å². The molecule has 23 heavy (non-hydrogen) atoms. The Labute approximate surface area is 136 Å². The van der Waals surface area contributed by atoms with Gasteiger partial charge in [0.05, 0.1) is 32.6 Å². The van der Waals surface area contributed by atoms with Crippen molar-refractivity contribution < 1.29 is 21.6 Å². The van der Waals surface area contributed by atoms with E-state index in [-0.39, 0.29) is 10.6 Å². The normalized spacial score (nSPS) is 12.5. The molecule has 0 amide bonds. The Bertz CT molecular complexity index is 860. The van der Waals surface area contributed by atoms with Crippen LogP contribution in [0.2, 0.25) is 5.02 Å².